The molecular formula is C5H9O2Y-. The first-order chi connectivity index (χ1) is 3.13. The van der Waals surface area contributed by atoms with Crippen molar-refractivity contribution in [2.75, 3.05) is 0 Å². The van der Waals surface area contributed by atoms with Crippen molar-refractivity contribution in [3.63, 3.8) is 0 Å². The van der Waals surface area contributed by atoms with Gasteiger partial charge >= 0.3 is 0 Å². The summed E-state index contributed by atoms with van der Waals surface area (Å²) < 4.78 is 0. The van der Waals surface area contributed by atoms with Gasteiger partial charge in [-0.25, -0.2) is 0 Å². The fourth-order valence-electron chi connectivity index (χ4n) is 0.285. The van der Waals surface area contributed by atoms with Crippen LogP contribution >= 0.6 is 0 Å². The standard InChI is InChI=1S/C5H9O2.Y/c1-4(2)3-5(6)7;/h3-4H,1-2H3,(H,6,7);/q-1;. The van der Waals surface area contributed by atoms with E-state index in [4.69, 9.17) is 5.11 Å². The average molecular weight is 190 g/mol. The Balaban J connectivity index is 0. The van der Waals surface area contributed by atoms with Crippen LogP contribution in [0.3, 0.4) is 0 Å². The Labute approximate surface area is 74.5 Å². The molecule has 2 nitrogen and oxygen atoms in total. The third kappa shape index (κ3) is 9.67. The van der Waals surface area contributed by atoms with Crippen molar-refractivity contribution < 1.29 is 42.6 Å². The second-order valence-corrected chi connectivity index (χ2v) is 1.75. The molecule has 45 valence electrons. The van der Waals surface area contributed by atoms with Gasteiger partial charge in [0.1, 0.15) is 0 Å². The molecule has 0 bridgehead atoms. The van der Waals surface area contributed by atoms with Gasteiger partial charge in [0, 0.05) is 32.7 Å². The molecule has 0 aromatic carbocycles. The summed E-state index contributed by atoms with van der Waals surface area (Å²) in [6.45, 7) is 3.66. The van der Waals surface area contributed by atoms with Crippen molar-refractivity contribution in [1.29, 1.82) is 0 Å². The van der Waals surface area contributed by atoms with Crippen LogP contribution in [0.25, 0.3) is 0 Å². The van der Waals surface area contributed by atoms with Crippen molar-refractivity contribution in [3.8, 4) is 0 Å². The van der Waals surface area contributed by atoms with E-state index in [0.29, 0.717) is 0 Å². The number of hydrogen-bond donors (Lipinski definition) is 1. The second kappa shape index (κ2) is 5.58. The molecule has 0 fully saturated rings. The van der Waals surface area contributed by atoms with Crippen molar-refractivity contribution in [3.05, 3.63) is 6.42 Å². The Morgan fingerprint density at radius 3 is 2.00 bits per heavy atom. The summed E-state index contributed by atoms with van der Waals surface area (Å²) in [7, 11) is 0. The van der Waals surface area contributed by atoms with E-state index in [1.165, 1.54) is 6.42 Å². The maximum atomic E-state index is 9.75. The molecule has 0 aliphatic rings. The molecule has 0 saturated heterocycles. The van der Waals surface area contributed by atoms with Gasteiger partial charge in [-0.2, -0.15) is 5.92 Å². The van der Waals surface area contributed by atoms with Crippen molar-refractivity contribution in [1.82, 2.24) is 0 Å². The first kappa shape index (κ1) is 11.3. The summed E-state index contributed by atoms with van der Waals surface area (Å²) in [4.78, 5) is 9.75. The molecule has 0 aromatic heterocycles. The van der Waals surface area contributed by atoms with E-state index in [9.17, 15) is 4.79 Å². The minimum atomic E-state index is -0.838. The minimum Gasteiger partial charge on any atom is -0.503 e. The molecule has 1 radical (unpaired) electrons. The van der Waals surface area contributed by atoms with E-state index in [2.05, 4.69) is 0 Å². The van der Waals surface area contributed by atoms with Crippen LogP contribution in [-0.4, -0.2) is 11.1 Å². The zero-order valence-corrected chi connectivity index (χ0v) is 7.93. The molecule has 0 saturated carbocycles. The molecule has 0 aliphatic heterocycles. The third-order valence-electron chi connectivity index (χ3n) is 0.476. The molecule has 0 unspecified atom stereocenters. The van der Waals surface area contributed by atoms with Crippen LogP contribution in [0.1, 0.15) is 13.8 Å². The van der Waals surface area contributed by atoms with E-state index in [-0.39, 0.29) is 38.6 Å². The zero-order chi connectivity index (χ0) is 5.86. The topological polar surface area (TPSA) is 37.3 Å². The number of rotatable bonds is 2. The number of carboxylic acids is 1. The summed E-state index contributed by atoms with van der Waals surface area (Å²) in [5, 5.41) is 8.03. The van der Waals surface area contributed by atoms with Crippen LogP contribution in [0.2, 0.25) is 0 Å². The Bertz CT molecular complexity index is 70.8. The van der Waals surface area contributed by atoms with E-state index in [0.717, 1.165) is 0 Å². The van der Waals surface area contributed by atoms with Crippen LogP contribution in [0, 0.1) is 12.3 Å². The summed E-state index contributed by atoms with van der Waals surface area (Å²) in [6.07, 6.45) is 1.25. The van der Waals surface area contributed by atoms with Gasteiger partial charge in [-0.1, -0.05) is 13.8 Å². The van der Waals surface area contributed by atoms with Gasteiger partial charge in [0.2, 0.25) is 0 Å². The smallest absolute Gasteiger partial charge is 0.164 e. The molecule has 0 spiro atoms. The minimum absolute atomic E-state index is 0. The molecular weight excluding hydrogens is 181 g/mol. The summed E-state index contributed by atoms with van der Waals surface area (Å²) in [5.41, 5.74) is 0. The molecule has 0 heterocycles. The summed E-state index contributed by atoms with van der Waals surface area (Å²) in [5.74, 6) is -0.688. The largest absolute Gasteiger partial charge is 0.503 e. The van der Waals surface area contributed by atoms with Crippen LogP contribution < -0.4 is 0 Å². The van der Waals surface area contributed by atoms with Crippen LogP contribution in [0.4, 0.5) is 0 Å². The normalized spacial score (nSPS) is 7.88. The Morgan fingerprint density at radius 1 is 1.62 bits per heavy atom. The first-order valence-corrected chi connectivity index (χ1v) is 2.20. The van der Waals surface area contributed by atoms with Crippen molar-refractivity contribution in [2.24, 2.45) is 5.92 Å². The van der Waals surface area contributed by atoms with E-state index in [1.807, 2.05) is 13.8 Å². The van der Waals surface area contributed by atoms with E-state index in [1.54, 1.807) is 0 Å². The molecule has 0 aromatic rings. The van der Waals surface area contributed by atoms with Gasteiger partial charge < -0.3 is 5.11 Å². The number of hydrogen-bond acceptors (Lipinski definition) is 1. The third-order valence-corrected chi connectivity index (χ3v) is 0.476. The second-order valence-electron chi connectivity index (χ2n) is 1.75. The molecule has 0 atom stereocenters. The summed E-state index contributed by atoms with van der Waals surface area (Å²) >= 11 is 0. The van der Waals surface area contributed by atoms with Crippen molar-refractivity contribution in [2.45, 2.75) is 13.8 Å². The monoisotopic (exact) mass is 190 g/mol. The van der Waals surface area contributed by atoms with E-state index < -0.39 is 5.97 Å². The van der Waals surface area contributed by atoms with Crippen LogP contribution in [-0.2, 0) is 37.5 Å². The Morgan fingerprint density at radius 2 is 2.00 bits per heavy atom. The first-order valence-electron chi connectivity index (χ1n) is 2.20. The number of carboxylic acid groups (broad SMARTS) is 1. The molecule has 0 amide bonds. The maximum absolute atomic E-state index is 9.75. The van der Waals surface area contributed by atoms with Gasteiger partial charge in [0.15, 0.2) is 5.97 Å². The molecule has 3 heteroatoms. The fourth-order valence-corrected chi connectivity index (χ4v) is 0.285. The maximum Gasteiger partial charge on any atom is 0.164 e. The van der Waals surface area contributed by atoms with Gasteiger partial charge in [-0.05, 0) is 0 Å². The molecule has 0 rings (SSSR count). The number of carbonyl (C=O) groups is 1. The zero-order valence-electron chi connectivity index (χ0n) is 5.09. The van der Waals surface area contributed by atoms with Gasteiger partial charge in [0.05, 0.1) is 0 Å². The van der Waals surface area contributed by atoms with Gasteiger partial charge in [-0.3, -0.25) is 11.2 Å². The SMILES string of the molecule is CC(C)[CH-]C(=O)O.[Y]. The molecule has 8 heavy (non-hydrogen) atoms. The van der Waals surface area contributed by atoms with Crippen LogP contribution in [0.5, 0.6) is 0 Å². The number of aliphatic carboxylic acids is 1. The van der Waals surface area contributed by atoms with E-state index >= 15 is 0 Å². The Kier molecular flexibility index (Phi) is 7.86. The molecule has 0 aliphatic carbocycles. The van der Waals surface area contributed by atoms with Crippen molar-refractivity contribution >= 4 is 5.97 Å². The molecule has 1 N–H and O–H groups in total. The van der Waals surface area contributed by atoms with Crippen LogP contribution in [0.15, 0.2) is 0 Å². The fraction of sp³-hybridized carbons (Fsp3) is 0.600. The summed E-state index contributed by atoms with van der Waals surface area (Å²) in [6, 6.07) is 0. The predicted octanol–water partition coefficient (Wildman–Crippen LogP) is 0.929. The average Bonchev–Trinajstić information content (AvgIpc) is 1.27. The van der Waals surface area contributed by atoms with Gasteiger partial charge in [0.25, 0.3) is 0 Å². The quantitative estimate of drug-likeness (QED) is 0.657. The van der Waals surface area contributed by atoms with Gasteiger partial charge in [-0.15, -0.1) is 0 Å². The Hall–Kier alpha value is 0.444. The predicted molar refractivity (Wildman–Crippen MR) is 26.8 cm³/mol.